The molecule has 10 heavy (non-hydrogen) atoms. The molecular weight excluding hydrogens is 169 g/mol. The summed E-state index contributed by atoms with van der Waals surface area (Å²) in [6.07, 6.45) is -4.47. The Balaban J connectivity index is 4.40. The molecule has 0 aliphatic carbocycles. The van der Waals surface area contributed by atoms with E-state index in [9.17, 15) is 13.2 Å². The number of hydrogen-bond donors (Lipinski definition) is 0. The van der Waals surface area contributed by atoms with E-state index in [0.717, 1.165) is 4.90 Å². The third kappa shape index (κ3) is 2.43. The SMILES string of the molecule is CN(C)/C(=N\Cl)C(F)(F)F. The van der Waals surface area contributed by atoms with Crippen LogP contribution in [-0.4, -0.2) is 31.0 Å². The van der Waals surface area contributed by atoms with Crippen LogP contribution >= 0.6 is 11.8 Å². The first-order valence-electron chi connectivity index (χ1n) is 2.33. The summed E-state index contributed by atoms with van der Waals surface area (Å²) in [6, 6.07) is 0. The van der Waals surface area contributed by atoms with Crippen molar-refractivity contribution >= 4 is 17.6 Å². The minimum atomic E-state index is -4.47. The molecule has 60 valence electrons. The van der Waals surface area contributed by atoms with E-state index < -0.39 is 12.0 Å². The molecule has 0 aromatic carbocycles. The Morgan fingerprint density at radius 2 is 1.80 bits per heavy atom. The minimum absolute atomic E-state index is 0.799. The number of rotatable bonds is 0. The van der Waals surface area contributed by atoms with Gasteiger partial charge in [0.2, 0.25) is 5.84 Å². The monoisotopic (exact) mass is 174 g/mol. The molecule has 0 bridgehead atoms. The third-order valence-corrected chi connectivity index (χ3v) is 0.917. The molecule has 0 amide bonds. The van der Waals surface area contributed by atoms with Crippen molar-refractivity contribution in [2.45, 2.75) is 6.18 Å². The third-order valence-electron chi connectivity index (χ3n) is 0.757. The van der Waals surface area contributed by atoms with E-state index in [1.807, 2.05) is 0 Å². The summed E-state index contributed by atoms with van der Waals surface area (Å²) < 4.78 is 37.7. The smallest absolute Gasteiger partial charge is 0.358 e. The molecule has 0 saturated carbocycles. The minimum Gasteiger partial charge on any atom is -0.358 e. The van der Waals surface area contributed by atoms with Gasteiger partial charge in [-0.15, -0.1) is 0 Å². The number of halogens is 4. The lowest BCUT2D eigenvalue weighted by Crippen LogP contribution is -2.35. The number of hydrogen-bond acceptors (Lipinski definition) is 1. The van der Waals surface area contributed by atoms with Crippen molar-refractivity contribution in [2.24, 2.45) is 4.51 Å². The van der Waals surface area contributed by atoms with E-state index in [-0.39, 0.29) is 0 Å². The van der Waals surface area contributed by atoms with Crippen molar-refractivity contribution in [3.8, 4) is 0 Å². The Hall–Kier alpha value is -0.450. The topological polar surface area (TPSA) is 15.6 Å². The molecule has 0 aromatic heterocycles. The standard InChI is InChI=1S/C4H6ClF3N2/c1-10(2)3(9-5)4(6,7)8/h1-2H3/b9-3-. The van der Waals surface area contributed by atoms with Gasteiger partial charge in [0.05, 0.1) is 0 Å². The van der Waals surface area contributed by atoms with Crippen LogP contribution in [0.3, 0.4) is 0 Å². The summed E-state index contributed by atoms with van der Waals surface area (Å²) >= 11 is 4.67. The summed E-state index contributed by atoms with van der Waals surface area (Å²) in [5.74, 6) is -1.10. The average Bonchev–Trinajstić information content (AvgIpc) is 1.60. The van der Waals surface area contributed by atoms with Gasteiger partial charge in [-0.3, -0.25) is 0 Å². The molecule has 6 heteroatoms. The van der Waals surface area contributed by atoms with Gasteiger partial charge in [-0.1, -0.05) is 0 Å². The Morgan fingerprint density at radius 1 is 1.40 bits per heavy atom. The average molecular weight is 175 g/mol. The first-order valence-corrected chi connectivity index (χ1v) is 2.67. The summed E-state index contributed by atoms with van der Waals surface area (Å²) in [5, 5.41) is 0. The molecule has 0 saturated heterocycles. The van der Waals surface area contributed by atoms with Crippen LogP contribution < -0.4 is 0 Å². The van der Waals surface area contributed by atoms with Gasteiger partial charge in [-0.25, -0.2) is 0 Å². The number of nitrogens with zero attached hydrogens (tertiary/aromatic N) is 2. The summed E-state index contributed by atoms with van der Waals surface area (Å²) in [6.45, 7) is 0. The lowest BCUT2D eigenvalue weighted by atomic mass is 10.5. The fourth-order valence-corrected chi connectivity index (χ4v) is 0.624. The van der Waals surface area contributed by atoms with E-state index in [1.54, 1.807) is 0 Å². The van der Waals surface area contributed by atoms with Crippen molar-refractivity contribution in [3.63, 3.8) is 0 Å². The highest BCUT2D eigenvalue weighted by molar-refractivity contribution is 6.20. The summed E-state index contributed by atoms with van der Waals surface area (Å²) in [5.41, 5.74) is 0. The second-order valence-corrected chi connectivity index (χ2v) is 1.97. The summed E-state index contributed by atoms with van der Waals surface area (Å²) in [7, 11) is 2.43. The zero-order valence-electron chi connectivity index (χ0n) is 5.41. The molecule has 0 radical (unpaired) electrons. The second kappa shape index (κ2) is 3.09. The van der Waals surface area contributed by atoms with Crippen molar-refractivity contribution < 1.29 is 13.2 Å². The van der Waals surface area contributed by atoms with Gasteiger partial charge in [0.15, 0.2) is 0 Å². The van der Waals surface area contributed by atoms with E-state index >= 15 is 0 Å². The van der Waals surface area contributed by atoms with Crippen LogP contribution in [-0.2, 0) is 0 Å². The van der Waals surface area contributed by atoms with E-state index in [4.69, 9.17) is 0 Å². The van der Waals surface area contributed by atoms with Crippen LogP contribution in [0.25, 0.3) is 0 Å². The van der Waals surface area contributed by atoms with Crippen LogP contribution in [0.5, 0.6) is 0 Å². The fraction of sp³-hybridized carbons (Fsp3) is 0.750. The molecular formula is C4H6ClF3N2. The maximum atomic E-state index is 11.7. The maximum Gasteiger partial charge on any atom is 0.450 e. The maximum absolute atomic E-state index is 11.7. The van der Waals surface area contributed by atoms with Crippen LogP contribution in [0.4, 0.5) is 13.2 Å². The molecule has 0 aromatic rings. The molecule has 0 rings (SSSR count). The highest BCUT2D eigenvalue weighted by Crippen LogP contribution is 2.18. The molecule has 0 atom stereocenters. The van der Waals surface area contributed by atoms with Crippen LogP contribution in [0.15, 0.2) is 4.51 Å². The van der Waals surface area contributed by atoms with E-state index in [2.05, 4.69) is 16.3 Å². The van der Waals surface area contributed by atoms with Gasteiger partial charge in [-0.2, -0.15) is 17.7 Å². The fourth-order valence-electron chi connectivity index (χ4n) is 0.377. The molecule has 0 aliphatic heterocycles. The zero-order valence-corrected chi connectivity index (χ0v) is 6.16. The van der Waals surface area contributed by atoms with Crippen LogP contribution in [0, 0.1) is 0 Å². The summed E-state index contributed by atoms with van der Waals surface area (Å²) in [4.78, 5) is 0.799. The predicted molar refractivity (Wildman–Crippen MR) is 33.0 cm³/mol. The van der Waals surface area contributed by atoms with Gasteiger partial charge in [0.1, 0.15) is 0 Å². The highest BCUT2D eigenvalue weighted by Gasteiger charge is 2.37. The Morgan fingerprint density at radius 3 is 1.80 bits per heavy atom. The van der Waals surface area contributed by atoms with Crippen molar-refractivity contribution in [2.75, 3.05) is 14.1 Å². The lowest BCUT2D eigenvalue weighted by molar-refractivity contribution is -0.0665. The molecule has 0 aliphatic rings. The molecule has 0 N–H and O–H groups in total. The highest BCUT2D eigenvalue weighted by atomic mass is 35.5. The quantitative estimate of drug-likeness (QED) is 0.403. The molecule has 0 spiro atoms. The second-order valence-electron chi connectivity index (χ2n) is 1.80. The van der Waals surface area contributed by atoms with Gasteiger partial charge in [0, 0.05) is 25.9 Å². The van der Waals surface area contributed by atoms with Crippen LogP contribution in [0.1, 0.15) is 0 Å². The number of amidine groups is 1. The Labute approximate surface area is 61.4 Å². The predicted octanol–water partition coefficient (Wildman–Crippen LogP) is 1.66. The number of alkyl halides is 3. The Kier molecular flexibility index (Phi) is 2.96. The van der Waals surface area contributed by atoms with Crippen molar-refractivity contribution in [1.29, 1.82) is 0 Å². The van der Waals surface area contributed by atoms with Gasteiger partial charge in [-0.05, 0) is 0 Å². The van der Waals surface area contributed by atoms with Gasteiger partial charge >= 0.3 is 6.18 Å². The van der Waals surface area contributed by atoms with Gasteiger partial charge < -0.3 is 4.90 Å². The normalized spacial score (nSPS) is 13.6. The van der Waals surface area contributed by atoms with E-state index in [1.165, 1.54) is 14.1 Å². The van der Waals surface area contributed by atoms with Crippen LogP contribution in [0.2, 0.25) is 0 Å². The molecule has 2 nitrogen and oxygen atoms in total. The first kappa shape index (κ1) is 9.55. The zero-order chi connectivity index (χ0) is 8.36. The molecule has 0 fully saturated rings. The van der Waals surface area contributed by atoms with E-state index in [0.29, 0.717) is 0 Å². The van der Waals surface area contributed by atoms with Crippen molar-refractivity contribution in [3.05, 3.63) is 0 Å². The first-order chi connectivity index (χ1) is 4.39. The van der Waals surface area contributed by atoms with Gasteiger partial charge in [0.25, 0.3) is 0 Å². The van der Waals surface area contributed by atoms with Crippen molar-refractivity contribution in [1.82, 2.24) is 4.90 Å². The Bertz CT molecular complexity index is 140. The molecule has 0 unspecified atom stereocenters. The largest absolute Gasteiger partial charge is 0.450 e. The lowest BCUT2D eigenvalue weighted by Gasteiger charge is -2.15. The molecule has 0 heterocycles.